The van der Waals surface area contributed by atoms with E-state index in [2.05, 4.69) is 25.3 Å². The summed E-state index contributed by atoms with van der Waals surface area (Å²) in [6.07, 6.45) is -0.899. The molecular weight excluding hydrogens is 649 g/mol. The van der Waals surface area contributed by atoms with Crippen LogP contribution in [0.5, 0.6) is 0 Å². The molecule has 3 unspecified atom stereocenters. The maximum Gasteiger partial charge on any atom is 0.306 e. The van der Waals surface area contributed by atoms with Crippen molar-refractivity contribution in [3.8, 4) is 0 Å². The fourth-order valence-corrected chi connectivity index (χ4v) is 7.09. The van der Waals surface area contributed by atoms with Gasteiger partial charge in [-0.2, -0.15) is 4.98 Å². The first-order valence-corrected chi connectivity index (χ1v) is 19.9. The molecule has 6 atom stereocenters. The zero-order chi connectivity index (χ0) is 34.9. The molecule has 0 amide bonds. The van der Waals surface area contributed by atoms with Crippen LogP contribution in [0.4, 0.5) is 5.95 Å². The van der Waals surface area contributed by atoms with Crippen molar-refractivity contribution in [1.82, 2.24) is 28.8 Å². The zero-order valence-corrected chi connectivity index (χ0v) is 30.1. The zero-order valence-electron chi connectivity index (χ0n) is 28.3. The van der Waals surface area contributed by atoms with Crippen LogP contribution in [0.2, 0.25) is 18.1 Å². The summed E-state index contributed by atoms with van der Waals surface area (Å²) < 4.78 is 40.4. The molecule has 3 aromatic rings. The summed E-state index contributed by atoms with van der Waals surface area (Å²) in [5, 5.41) is 2.82. The monoisotopic (exact) mass is 694 g/mol. The summed E-state index contributed by atoms with van der Waals surface area (Å²) in [6.45, 7) is 17.6. The average molecular weight is 695 g/mol. The lowest BCUT2D eigenvalue weighted by atomic mass is 10.1. The van der Waals surface area contributed by atoms with Crippen LogP contribution in [0.25, 0.3) is 11.2 Å². The second-order valence-corrected chi connectivity index (χ2v) is 20.1. The van der Waals surface area contributed by atoms with Crippen molar-refractivity contribution in [2.45, 2.75) is 110 Å². The maximum absolute atomic E-state index is 13.1. The van der Waals surface area contributed by atoms with Gasteiger partial charge in [-0.1, -0.05) is 34.6 Å². The second-order valence-electron chi connectivity index (χ2n) is 13.7. The Morgan fingerprint density at radius 2 is 1.89 bits per heavy atom. The third kappa shape index (κ3) is 8.45. The molecule has 1 aliphatic rings. The minimum absolute atomic E-state index is 0.0400. The number of esters is 1. The molecule has 47 heavy (non-hydrogen) atoms. The van der Waals surface area contributed by atoms with E-state index in [1.807, 2.05) is 47.7 Å². The summed E-state index contributed by atoms with van der Waals surface area (Å²) in [5.41, 5.74) is -0.257. The molecule has 2 N–H and O–H groups in total. The number of rotatable bonds is 14. The molecule has 1 aliphatic heterocycles. The number of anilines is 1. The molecule has 0 aliphatic carbocycles. The SMILES string of the molecule is CC(=O)CCC(=O)OC1[C@@H](C(C)OP(=O)([O-])n2ccnc2)O[C@@H](n2cnc3c(=O)[nH]c(NCC(C)C)nc32)[C@H]1O[Si](C)(C)C(C)(C)C. The molecule has 0 spiro atoms. The molecular formula is C29H45N7O9PSi-. The lowest BCUT2D eigenvalue weighted by Crippen LogP contribution is -2.50. The van der Waals surface area contributed by atoms with Gasteiger partial charge < -0.3 is 33.4 Å². The number of ketones is 1. The number of carbonyl (C=O) groups is 2. The first kappa shape index (κ1) is 36.6. The molecule has 260 valence electrons. The van der Waals surface area contributed by atoms with Gasteiger partial charge in [0.25, 0.3) is 5.56 Å². The number of aromatic nitrogens is 6. The molecule has 16 nitrogen and oxygen atoms in total. The van der Waals surface area contributed by atoms with Crippen molar-refractivity contribution >= 4 is 44.9 Å². The number of nitrogens with one attached hydrogen (secondary N) is 2. The lowest BCUT2D eigenvalue weighted by molar-refractivity contribution is -0.211. The molecule has 18 heteroatoms. The van der Waals surface area contributed by atoms with Gasteiger partial charge in [-0.15, -0.1) is 0 Å². The number of imidazole rings is 2. The Balaban J connectivity index is 1.82. The molecule has 1 fully saturated rings. The third-order valence-corrected chi connectivity index (χ3v) is 14.2. The van der Waals surface area contributed by atoms with Gasteiger partial charge in [0.1, 0.15) is 24.3 Å². The first-order valence-electron chi connectivity index (χ1n) is 15.5. The van der Waals surface area contributed by atoms with E-state index in [0.717, 1.165) is 10.7 Å². The van der Waals surface area contributed by atoms with Gasteiger partial charge in [0.2, 0.25) is 13.7 Å². The van der Waals surface area contributed by atoms with E-state index in [0.29, 0.717) is 6.54 Å². The van der Waals surface area contributed by atoms with E-state index in [9.17, 15) is 23.8 Å². The number of H-pyrrole nitrogens is 1. The number of carbonyl (C=O) groups excluding carboxylic acids is 2. The highest BCUT2D eigenvalue weighted by Gasteiger charge is 2.55. The first-order chi connectivity index (χ1) is 21.8. The van der Waals surface area contributed by atoms with Crippen LogP contribution in [0, 0.1) is 5.92 Å². The summed E-state index contributed by atoms with van der Waals surface area (Å²) >= 11 is 0. The minimum atomic E-state index is -4.71. The van der Waals surface area contributed by atoms with Crippen LogP contribution >= 0.6 is 7.75 Å². The Bertz CT molecular complexity index is 1670. The van der Waals surface area contributed by atoms with E-state index in [1.54, 1.807) is 0 Å². The molecule has 0 aromatic carbocycles. The predicted octanol–water partition coefficient (Wildman–Crippen LogP) is 3.37. The highest BCUT2D eigenvalue weighted by atomic mass is 31.2. The minimum Gasteiger partial charge on any atom is -0.761 e. The van der Waals surface area contributed by atoms with E-state index < -0.39 is 58.2 Å². The fraction of sp³-hybridized carbons (Fsp3) is 0.655. The standard InChI is InChI=1S/C29H46N7O9PSi/c1-17(2)14-31-28-33-25-21(26(39)34-28)32-16-36(25)27-24(45-47(8,9)29(5,6)7)23(42-20(38)11-10-18(3)37)22(43-27)19(4)44-46(40,41)35-13-12-30-15-35/h12-13,15-17,19,22-24,27H,10-11,14H2,1-9H3,(H,40,41)(H2,31,33,34,39)/p-1/t19?,22-,23?,24+,27-/m1/s1. The Morgan fingerprint density at radius 3 is 2.49 bits per heavy atom. The van der Waals surface area contributed by atoms with Crippen LogP contribution in [0.15, 0.2) is 29.8 Å². The van der Waals surface area contributed by atoms with Gasteiger partial charge in [-0.3, -0.25) is 28.0 Å². The normalized spacial score (nSPS) is 22.4. The number of aromatic amines is 1. The van der Waals surface area contributed by atoms with Crippen LogP contribution in [-0.4, -0.2) is 79.9 Å². The fourth-order valence-electron chi connectivity index (χ4n) is 4.75. The van der Waals surface area contributed by atoms with Crippen LogP contribution < -0.4 is 15.8 Å². The molecule has 0 bridgehead atoms. The summed E-state index contributed by atoms with van der Waals surface area (Å²) in [4.78, 5) is 66.3. The summed E-state index contributed by atoms with van der Waals surface area (Å²) in [5.74, 6) is -0.395. The second kappa shape index (κ2) is 14.1. The van der Waals surface area contributed by atoms with Crippen molar-refractivity contribution in [2.24, 2.45) is 5.92 Å². The lowest BCUT2D eigenvalue weighted by Gasteiger charge is -2.40. The van der Waals surface area contributed by atoms with Crippen molar-refractivity contribution in [3.05, 3.63) is 35.4 Å². The van der Waals surface area contributed by atoms with Gasteiger partial charge in [0.05, 0.1) is 18.9 Å². The van der Waals surface area contributed by atoms with Crippen molar-refractivity contribution < 1.29 is 37.5 Å². The van der Waals surface area contributed by atoms with E-state index in [1.165, 1.54) is 37.1 Å². The topological polar surface area (TPSA) is 205 Å². The number of Topliss-reactive ketones (excluding diaryl/α,β-unsaturated/α-hetero) is 1. The largest absolute Gasteiger partial charge is 0.761 e. The average Bonchev–Trinajstić information content (AvgIpc) is 3.70. The van der Waals surface area contributed by atoms with Crippen molar-refractivity contribution in [3.63, 3.8) is 0 Å². The number of hydrogen-bond acceptors (Lipinski definition) is 13. The molecule has 3 aromatic heterocycles. The molecule has 1 saturated heterocycles. The Morgan fingerprint density at radius 1 is 1.19 bits per heavy atom. The maximum atomic E-state index is 13.1. The summed E-state index contributed by atoms with van der Waals surface area (Å²) in [7, 11) is -7.36. The highest BCUT2D eigenvalue weighted by Crippen LogP contribution is 2.47. The Labute approximate surface area is 274 Å². The van der Waals surface area contributed by atoms with E-state index >= 15 is 0 Å². The number of nitrogens with zero attached hydrogens (tertiary/aromatic N) is 5. The van der Waals surface area contributed by atoms with Gasteiger partial charge in [0, 0.05) is 25.4 Å². The van der Waals surface area contributed by atoms with E-state index in [4.69, 9.17) is 18.4 Å². The van der Waals surface area contributed by atoms with Gasteiger partial charge >= 0.3 is 5.97 Å². The molecule has 0 radical (unpaired) electrons. The third-order valence-electron chi connectivity index (χ3n) is 8.33. The number of fused-ring (bicyclic) bond motifs is 1. The molecule has 4 rings (SSSR count). The van der Waals surface area contributed by atoms with Crippen LogP contribution in [-0.2, 0) is 32.6 Å². The van der Waals surface area contributed by atoms with Crippen LogP contribution in [0.1, 0.15) is 67.5 Å². The summed E-state index contributed by atoms with van der Waals surface area (Å²) in [6, 6.07) is 0. The van der Waals surface area contributed by atoms with Crippen molar-refractivity contribution in [2.75, 3.05) is 11.9 Å². The van der Waals surface area contributed by atoms with E-state index in [-0.39, 0.29) is 46.7 Å². The number of hydrogen-bond donors (Lipinski definition) is 2. The molecule has 4 heterocycles. The van der Waals surface area contributed by atoms with Crippen LogP contribution in [0.3, 0.4) is 0 Å². The quantitative estimate of drug-likeness (QED) is 0.141. The van der Waals surface area contributed by atoms with Gasteiger partial charge in [-0.25, -0.2) is 9.97 Å². The number of ether oxygens (including phenoxy) is 2. The highest BCUT2D eigenvalue weighted by molar-refractivity contribution is 7.49. The van der Waals surface area contributed by atoms with Gasteiger partial charge in [-0.05, 0) is 37.9 Å². The molecule has 0 saturated carbocycles. The van der Waals surface area contributed by atoms with Gasteiger partial charge in [0.15, 0.2) is 31.8 Å². The smallest absolute Gasteiger partial charge is 0.306 e. The Hall–Kier alpha value is -3.21. The Kier molecular flexibility index (Phi) is 11.0. The predicted molar refractivity (Wildman–Crippen MR) is 173 cm³/mol. The van der Waals surface area contributed by atoms with Crippen molar-refractivity contribution in [1.29, 1.82) is 0 Å².